The third-order valence-electron chi connectivity index (χ3n) is 5.52. The third-order valence-corrected chi connectivity index (χ3v) is 5.52. The first-order valence-corrected chi connectivity index (χ1v) is 10.3. The molecule has 1 aliphatic carbocycles. The quantitative estimate of drug-likeness (QED) is 0.450. The second kappa shape index (κ2) is 11.3. The molecule has 1 unspecified atom stereocenters. The van der Waals surface area contributed by atoms with Gasteiger partial charge in [0.05, 0.1) is 5.56 Å². The molecule has 5 heteroatoms. The highest BCUT2D eigenvalue weighted by molar-refractivity contribution is 5.89. The highest BCUT2D eigenvalue weighted by Crippen LogP contribution is 2.39. The van der Waals surface area contributed by atoms with Gasteiger partial charge in [0.1, 0.15) is 11.9 Å². The van der Waals surface area contributed by atoms with Crippen LogP contribution in [-0.2, 0) is 9.47 Å². The molecule has 0 bridgehead atoms. The molecular formula is C23H32F2O3. The van der Waals surface area contributed by atoms with Gasteiger partial charge in [-0.05, 0) is 50.7 Å². The summed E-state index contributed by atoms with van der Waals surface area (Å²) in [7, 11) is 1.59. The summed E-state index contributed by atoms with van der Waals surface area (Å²) in [6, 6.07) is 5.83. The summed E-state index contributed by atoms with van der Waals surface area (Å²) in [5.74, 6) is -1.63. The van der Waals surface area contributed by atoms with Gasteiger partial charge in [0.15, 0.2) is 5.83 Å². The van der Waals surface area contributed by atoms with Crippen molar-refractivity contribution < 1.29 is 23.0 Å². The van der Waals surface area contributed by atoms with Crippen molar-refractivity contribution in [3.63, 3.8) is 0 Å². The van der Waals surface area contributed by atoms with Crippen LogP contribution >= 0.6 is 0 Å². The number of hydrogen-bond acceptors (Lipinski definition) is 3. The van der Waals surface area contributed by atoms with Crippen LogP contribution < -0.4 is 0 Å². The molecule has 3 nitrogen and oxygen atoms in total. The van der Waals surface area contributed by atoms with Crippen LogP contribution in [0, 0.1) is 11.8 Å². The fourth-order valence-corrected chi connectivity index (χ4v) is 3.78. The van der Waals surface area contributed by atoms with Gasteiger partial charge in [-0.2, -0.15) is 0 Å². The minimum Gasteiger partial charge on any atom is -0.459 e. The van der Waals surface area contributed by atoms with E-state index in [2.05, 4.69) is 6.92 Å². The molecule has 1 fully saturated rings. The number of halogens is 2. The maximum absolute atomic E-state index is 14.6. The lowest BCUT2D eigenvalue weighted by molar-refractivity contribution is 0.0266. The van der Waals surface area contributed by atoms with E-state index < -0.39 is 17.6 Å². The molecule has 1 aromatic rings. The van der Waals surface area contributed by atoms with Gasteiger partial charge in [-0.15, -0.1) is 0 Å². The largest absolute Gasteiger partial charge is 0.459 e. The maximum atomic E-state index is 14.6. The highest BCUT2D eigenvalue weighted by atomic mass is 19.2. The summed E-state index contributed by atoms with van der Waals surface area (Å²) in [5.41, 5.74) is 0.485. The molecule has 0 spiro atoms. The van der Waals surface area contributed by atoms with E-state index in [-0.39, 0.29) is 17.6 Å². The van der Waals surface area contributed by atoms with Gasteiger partial charge in [-0.3, -0.25) is 0 Å². The van der Waals surface area contributed by atoms with Crippen LogP contribution in [0.1, 0.15) is 74.7 Å². The highest BCUT2D eigenvalue weighted by Gasteiger charge is 2.26. The van der Waals surface area contributed by atoms with Crippen molar-refractivity contribution in [3.05, 3.63) is 41.2 Å². The van der Waals surface area contributed by atoms with Crippen LogP contribution in [0.15, 0.2) is 30.1 Å². The van der Waals surface area contributed by atoms with Gasteiger partial charge in [-0.1, -0.05) is 31.9 Å². The normalized spacial score (nSPS) is 21.8. The number of ether oxygens (including phenoxy) is 2. The molecule has 0 aliphatic heterocycles. The number of allylic oxidation sites excluding steroid dienone is 1. The number of esters is 1. The first-order valence-electron chi connectivity index (χ1n) is 10.3. The van der Waals surface area contributed by atoms with Gasteiger partial charge < -0.3 is 9.47 Å². The molecule has 0 saturated heterocycles. The van der Waals surface area contributed by atoms with Gasteiger partial charge in [0, 0.05) is 31.6 Å². The Morgan fingerprint density at radius 1 is 1.11 bits per heavy atom. The number of methoxy groups -OCH3 is 1. The Kier molecular flexibility index (Phi) is 9.10. The van der Waals surface area contributed by atoms with Crippen LogP contribution in [0.3, 0.4) is 0 Å². The van der Waals surface area contributed by atoms with E-state index in [1.165, 1.54) is 30.7 Å². The van der Waals surface area contributed by atoms with Crippen molar-refractivity contribution in [2.24, 2.45) is 11.8 Å². The van der Waals surface area contributed by atoms with Crippen LogP contribution in [0.5, 0.6) is 0 Å². The predicted molar refractivity (Wildman–Crippen MR) is 107 cm³/mol. The Morgan fingerprint density at radius 2 is 1.71 bits per heavy atom. The summed E-state index contributed by atoms with van der Waals surface area (Å²) >= 11 is 0. The zero-order valence-corrected chi connectivity index (χ0v) is 17.2. The summed E-state index contributed by atoms with van der Waals surface area (Å²) in [6.45, 7) is 4.45. The molecule has 156 valence electrons. The summed E-state index contributed by atoms with van der Waals surface area (Å²) in [4.78, 5) is 12.1. The van der Waals surface area contributed by atoms with Crippen LogP contribution in [-0.4, -0.2) is 25.8 Å². The third kappa shape index (κ3) is 6.40. The molecule has 1 aromatic carbocycles. The van der Waals surface area contributed by atoms with Crippen molar-refractivity contribution in [2.45, 2.75) is 64.9 Å². The van der Waals surface area contributed by atoms with E-state index in [4.69, 9.17) is 9.47 Å². The molecule has 1 aliphatic rings. The second-order valence-corrected chi connectivity index (χ2v) is 7.74. The Labute approximate surface area is 167 Å². The minimum atomic E-state index is -0.813. The maximum Gasteiger partial charge on any atom is 0.338 e. The van der Waals surface area contributed by atoms with Crippen molar-refractivity contribution >= 4 is 11.8 Å². The fraction of sp³-hybridized carbons (Fsp3) is 0.609. The molecule has 0 aromatic heterocycles. The molecule has 1 atom stereocenters. The predicted octanol–water partition coefficient (Wildman–Crippen LogP) is 6.48. The van der Waals surface area contributed by atoms with E-state index in [9.17, 15) is 13.6 Å². The molecule has 2 rings (SSSR count). The fourth-order valence-electron chi connectivity index (χ4n) is 3.78. The minimum absolute atomic E-state index is 0.164. The summed E-state index contributed by atoms with van der Waals surface area (Å²) in [5, 5.41) is 0. The van der Waals surface area contributed by atoms with E-state index >= 15 is 0 Å². The lowest BCUT2D eigenvalue weighted by Gasteiger charge is -2.27. The van der Waals surface area contributed by atoms with Gasteiger partial charge in [0.25, 0.3) is 0 Å². The van der Waals surface area contributed by atoms with Crippen molar-refractivity contribution in [1.29, 1.82) is 0 Å². The molecular weight excluding hydrogens is 362 g/mol. The van der Waals surface area contributed by atoms with Crippen LogP contribution in [0.4, 0.5) is 8.78 Å². The van der Waals surface area contributed by atoms with E-state index in [1.807, 2.05) is 0 Å². The number of carbonyl (C=O) groups excluding carboxylic acids is 1. The molecule has 28 heavy (non-hydrogen) atoms. The van der Waals surface area contributed by atoms with Crippen LogP contribution in [0.25, 0.3) is 5.83 Å². The number of benzene rings is 1. The van der Waals surface area contributed by atoms with Gasteiger partial charge in [-0.25, -0.2) is 13.6 Å². The number of carbonyl (C=O) groups is 1. The van der Waals surface area contributed by atoms with Crippen molar-refractivity contribution in [2.75, 3.05) is 13.7 Å². The summed E-state index contributed by atoms with van der Waals surface area (Å²) < 4.78 is 39.5. The first-order chi connectivity index (χ1) is 13.5. The number of hydrogen-bond donors (Lipinski definition) is 0. The lowest BCUT2D eigenvalue weighted by Crippen LogP contribution is -2.16. The van der Waals surface area contributed by atoms with E-state index in [1.54, 1.807) is 14.0 Å². The SMILES string of the molecule is CCCC1CCC(/C(F)=C(\F)c2ccc(C(=O)OC(C)CCOC)cc2)CC1. The zero-order chi connectivity index (χ0) is 20.5. The number of rotatable bonds is 9. The Bertz CT molecular complexity index is 646. The molecule has 0 N–H and O–H groups in total. The lowest BCUT2D eigenvalue weighted by atomic mass is 9.79. The van der Waals surface area contributed by atoms with E-state index in [0.29, 0.717) is 37.4 Å². The average molecular weight is 395 g/mol. The molecule has 0 heterocycles. The van der Waals surface area contributed by atoms with Crippen molar-refractivity contribution in [1.82, 2.24) is 0 Å². The smallest absolute Gasteiger partial charge is 0.338 e. The monoisotopic (exact) mass is 394 g/mol. The Hall–Kier alpha value is -1.75. The van der Waals surface area contributed by atoms with Gasteiger partial charge in [0.2, 0.25) is 0 Å². The molecule has 1 saturated carbocycles. The Morgan fingerprint density at radius 3 is 2.29 bits per heavy atom. The Balaban J connectivity index is 1.97. The average Bonchev–Trinajstić information content (AvgIpc) is 2.72. The zero-order valence-electron chi connectivity index (χ0n) is 17.2. The van der Waals surface area contributed by atoms with Crippen molar-refractivity contribution in [3.8, 4) is 0 Å². The molecule has 0 radical (unpaired) electrons. The topological polar surface area (TPSA) is 35.5 Å². The standard InChI is InChI=1S/C23H32F2O3/c1-4-5-17-6-8-18(9-7-17)21(24)22(25)19-10-12-20(13-11-19)23(26)28-16(2)14-15-27-3/h10-13,16-18H,4-9,14-15H2,1-3H3/b22-21+. The molecule has 0 amide bonds. The first kappa shape index (κ1) is 22.5. The van der Waals surface area contributed by atoms with E-state index in [0.717, 1.165) is 19.3 Å². The van der Waals surface area contributed by atoms with Gasteiger partial charge >= 0.3 is 5.97 Å². The summed E-state index contributed by atoms with van der Waals surface area (Å²) in [6.07, 6.45) is 5.97. The van der Waals surface area contributed by atoms with Crippen LogP contribution in [0.2, 0.25) is 0 Å². The second-order valence-electron chi connectivity index (χ2n) is 7.74.